The summed E-state index contributed by atoms with van der Waals surface area (Å²) >= 11 is 1.45. The first kappa shape index (κ1) is 15.4. The molecule has 0 spiro atoms. The highest BCUT2D eigenvalue weighted by molar-refractivity contribution is 7.99. The van der Waals surface area contributed by atoms with Crippen molar-refractivity contribution in [3.05, 3.63) is 54.2 Å². The van der Waals surface area contributed by atoms with E-state index in [9.17, 15) is 4.79 Å². The zero-order valence-corrected chi connectivity index (χ0v) is 13.0. The van der Waals surface area contributed by atoms with E-state index >= 15 is 0 Å². The van der Waals surface area contributed by atoms with Crippen molar-refractivity contribution in [1.82, 2.24) is 9.88 Å². The molecule has 1 aromatic carbocycles. The molecule has 1 amide bonds. The predicted octanol–water partition coefficient (Wildman–Crippen LogP) is 2.84. The molecule has 2 aromatic rings. The number of hydrogen-bond acceptors (Lipinski definition) is 4. The summed E-state index contributed by atoms with van der Waals surface area (Å²) in [5.41, 5.74) is 1.08. The summed E-state index contributed by atoms with van der Waals surface area (Å²) in [6.07, 6.45) is 1.73. The van der Waals surface area contributed by atoms with E-state index in [-0.39, 0.29) is 5.91 Å². The third-order valence-corrected chi connectivity index (χ3v) is 3.91. The molecular weight excluding hydrogens is 284 g/mol. The van der Waals surface area contributed by atoms with Gasteiger partial charge in [0.15, 0.2) is 0 Å². The monoisotopic (exact) mass is 302 g/mol. The normalized spacial score (nSPS) is 10.2. The number of aromatic nitrogens is 1. The van der Waals surface area contributed by atoms with Crippen LogP contribution >= 0.6 is 11.8 Å². The number of nitrogens with zero attached hydrogens (tertiary/aromatic N) is 2. The first-order chi connectivity index (χ1) is 10.2. The molecule has 5 heteroatoms. The van der Waals surface area contributed by atoms with Crippen LogP contribution in [0.1, 0.15) is 5.56 Å². The van der Waals surface area contributed by atoms with E-state index in [1.165, 1.54) is 11.8 Å². The average Bonchev–Trinajstić information content (AvgIpc) is 2.54. The lowest BCUT2D eigenvalue weighted by Gasteiger charge is -2.17. The molecule has 0 atom stereocenters. The summed E-state index contributed by atoms with van der Waals surface area (Å²) in [7, 11) is 3.45. The van der Waals surface area contributed by atoms with Crippen molar-refractivity contribution in [2.45, 2.75) is 11.6 Å². The zero-order valence-electron chi connectivity index (χ0n) is 12.2. The fraction of sp³-hybridized carbons (Fsp3) is 0.250. The van der Waals surface area contributed by atoms with Crippen LogP contribution in [0.2, 0.25) is 0 Å². The average molecular weight is 302 g/mol. The maximum Gasteiger partial charge on any atom is 0.233 e. The second-order valence-electron chi connectivity index (χ2n) is 4.55. The van der Waals surface area contributed by atoms with Crippen molar-refractivity contribution in [3.63, 3.8) is 0 Å². The summed E-state index contributed by atoms with van der Waals surface area (Å²) in [4.78, 5) is 18.0. The van der Waals surface area contributed by atoms with Gasteiger partial charge in [-0.15, -0.1) is 0 Å². The minimum Gasteiger partial charge on any atom is -0.497 e. The molecule has 21 heavy (non-hydrogen) atoms. The maximum atomic E-state index is 12.1. The fourth-order valence-electron chi connectivity index (χ4n) is 1.77. The number of hydrogen-bond donors (Lipinski definition) is 0. The Morgan fingerprint density at radius 2 is 2.00 bits per heavy atom. The van der Waals surface area contributed by atoms with Crippen molar-refractivity contribution in [3.8, 4) is 5.75 Å². The van der Waals surface area contributed by atoms with E-state index in [1.54, 1.807) is 18.2 Å². The molecule has 0 N–H and O–H groups in total. The Kier molecular flexibility index (Phi) is 5.63. The molecule has 2 rings (SSSR count). The second kappa shape index (κ2) is 7.69. The molecule has 0 aliphatic carbocycles. The number of carbonyl (C=O) groups excluding carboxylic acids is 1. The Morgan fingerprint density at radius 1 is 1.24 bits per heavy atom. The standard InChI is InChI=1S/C16H18N2O2S/c1-18(11-13-6-8-14(20-2)9-7-13)16(19)12-21-15-5-3-4-10-17-15/h3-10H,11-12H2,1-2H3. The van der Waals surface area contributed by atoms with Crippen LogP contribution in [0, 0.1) is 0 Å². The first-order valence-corrected chi connectivity index (χ1v) is 7.58. The molecule has 0 saturated carbocycles. The predicted molar refractivity (Wildman–Crippen MR) is 84.4 cm³/mol. The van der Waals surface area contributed by atoms with Gasteiger partial charge in [0.2, 0.25) is 5.91 Å². The summed E-state index contributed by atoms with van der Waals surface area (Å²) in [5.74, 6) is 1.30. The third kappa shape index (κ3) is 4.79. The van der Waals surface area contributed by atoms with Gasteiger partial charge in [-0.3, -0.25) is 4.79 Å². The molecule has 0 radical (unpaired) electrons. The lowest BCUT2D eigenvalue weighted by molar-refractivity contribution is -0.127. The molecule has 1 heterocycles. The van der Waals surface area contributed by atoms with Gasteiger partial charge < -0.3 is 9.64 Å². The van der Waals surface area contributed by atoms with Crippen LogP contribution in [0.3, 0.4) is 0 Å². The molecule has 0 fully saturated rings. The van der Waals surface area contributed by atoms with Gasteiger partial charge in [-0.05, 0) is 29.8 Å². The van der Waals surface area contributed by atoms with Gasteiger partial charge in [0.05, 0.1) is 17.9 Å². The molecule has 1 aromatic heterocycles. The van der Waals surface area contributed by atoms with Crippen LogP contribution in [0.15, 0.2) is 53.7 Å². The topological polar surface area (TPSA) is 42.4 Å². The SMILES string of the molecule is COc1ccc(CN(C)C(=O)CSc2ccccn2)cc1. The Morgan fingerprint density at radius 3 is 2.62 bits per heavy atom. The summed E-state index contributed by atoms with van der Waals surface area (Å²) in [6.45, 7) is 0.589. The Bertz CT molecular complexity index is 573. The van der Waals surface area contributed by atoms with E-state index in [0.717, 1.165) is 16.3 Å². The summed E-state index contributed by atoms with van der Waals surface area (Å²) in [5, 5.41) is 0.865. The highest BCUT2D eigenvalue weighted by atomic mass is 32.2. The number of rotatable bonds is 6. The number of methoxy groups -OCH3 is 1. The third-order valence-electron chi connectivity index (χ3n) is 2.99. The van der Waals surface area contributed by atoms with E-state index in [4.69, 9.17) is 4.74 Å². The van der Waals surface area contributed by atoms with Crippen LogP contribution in [-0.4, -0.2) is 35.7 Å². The van der Waals surface area contributed by atoms with Gasteiger partial charge in [-0.2, -0.15) is 0 Å². The van der Waals surface area contributed by atoms with Crippen molar-refractivity contribution in [2.75, 3.05) is 19.9 Å². The van der Waals surface area contributed by atoms with Gasteiger partial charge in [0.1, 0.15) is 5.75 Å². The summed E-state index contributed by atoms with van der Waals surface area (Å²) < 4.78 is 5.12. The molecule has 0 bridgehead atoms. The fourth-order valence-corrected chi connectivity index (χ4v) is 2.57. The van der Waals surface area contributed by atoms with Gasteiger partial charge in [-0.1, -0.05) is 30.0 Å². The number of benzene rings is 1. The largest absolute Gasteiger partial charge is 0.497 e. The molecule has 110 valence electrons. The molecule has 0 saturated heterocycles. The van der Waals surface area contributed by atoms with Crippen molar-refractivity contribution in [2.24, 2.45) is 0 Å². The Balaban J connectivity index is 1.84. The first-order valence-electron chi connectivity index (χ1n) is 6.60. The summed E-state index contributed by atoms with van der Waals surface area (Å²) in [6, 6.07) is 13.4. The van der Waals surface area contributed by atoms with E-state index in [2.05, 4.69) is 4.98 Å². The second-order valence-corrected chi connectivity index (χ2v) is 5.55. The molecule has 4 nitrogen and oxygen atoms in total. The Labute approximate surface area is 129 Å². The van der Waals surface area contributed by atoms with Crippen molar-refractivity contribution in [1.29, 1.82) is 0 Å². The van der Waals surface area contributed by atoms with E-state index < -0.39 is 0 Å². The van der Waals surface area contributed by atoms with E-state index in [0.29, 0.717) is 12.3 Å². The van der Waals surface area contributed by atoms with Gasteiger partial charge in [0.25, 0.3) is 0 Å². The van der Waals surface area contributed by atoms with Crippen LogP contribution in [0.5, 0.6) is 5.75 Å². The highest BCUT2D eigenvalue weighted by Gasteiger charge is 2.10. The lowest BCUT2D eigenvalue weighted by Crippen LogP contribution is -2.27. The van der Waals surface area contributed by atoms with Crippen LogP contribution < -0.4 is 4.74 Å². The number of pyridine rings is 1. The minimum atomic E-state index is 0.0847. The maximum absolute atomic E-state index is 12.1. The van der Waals surface area contributed by atoms with Crippen LogP contribution in [0.4, 0.5) is 0 Å². The zero-order chi connectivity index (χ0) is 15.1. The molecule has 0 unspecified atom stereocenters. The smallest absolute Gasteiger partial charge is 0.233 e. The minimum absolute atomic E-state index is 0.0847. The van der Waals surface area contributed by atoms with Crippen molar-refractivity contribution >= 4 is 17.7 Å². The highest BCUT2D eigenvalue weighted by Crippen LogP contribution is 2.16. The van der Waals surface area contributed by atoms with Crippen molar-refractivity contribution < 1.29 is 9.53 Å². The Hall–Kier alpha value is -2.01. The van der Waals surface area contributed by atoms with E-state index in [1.807, 2.05) is 49.5 Å². The van der Waals surface area contributed by atoms with Gasteiger partial charge in [-0.25, -0.2) is 4.98 Å². The van der Waals surface area contributed by atoms with Crippen LogP contribution in [0.25, 0.3) is 0 Å². The number of ether oxygens (including phenoxy) is 1. The molecule has 0 aliphatic rings. The van der Waals surface area contributed by atoms with Gasteiger partial charge >= 0.3 is 0 Å². The van der Waals surface area contributed by atoms with Gasteiger partial charge in [0, 0.05) is 19.8 Å². The number of amides is 1. The quantitative estimate of drug-likeness (QED) is 0.770. The lowest BCUT2D eigenvalue weighted by atomic mass is 10.2. The molecule has 0 aliphatic heterocycles. The van der Waals surface area contributed by atoms with Crippen LogP contribution in [-0.2, 0) is 11.3 Å². The number of thioether (sulfide) groups is 1. The number of carbonyl (C=O) groups is 1. The molecular formula is C16H18N2O2S.